The Hall–Kier alpha value is -0.770. The zero-order chi connectivity index (χ0) is 13.7. The molecule has 1 atom stereocenters. The first kappa shape index (κ1) is 15.3. The van der Waals surface area contributed by atoms with Crippen LogP contribution in [0.2, 0.25) is 5.02 Å². The zero-order valence-corrected chi connectivity index (χ0v) is 12.3. The second kappa shape index (κ2) is 6.98. The van der Waals surface area contributed by atoms with Crippen LogP contribution in [0.5, 0.6) is 5.75 Å². The first-order valence-corrected chi connectivity index (χ1v) is 6.64. The van der Waals surface area contributed by atoms with Crippen molar-refractivity contribution in [3.8, 4) is 5.75 Å². The van der Waals surface area contributed by atoms with Gasteiger partial charge >= 0.3 is 0 Å². The molecule has 1 unspecified atom stereocenters. The van der Waals surface area contributed by atoms with E-state index in [4.69, 9.17) is 11.6 Å². The van der Waals surface area contributed by atoms with Gasteiger partial charge in [-0.1, -0.05) is 37.6 Å². The van der Waals surface area contributed by atoms with Crippen LogP contribution in [0, 0.1) is 5.92 Å². The molecule has 1 aromatic carbocycles. The quantitative estimate of drug-likeness (QED) is 0.834. The normalized spacial score (nSPS) is 13.3. The van der Waals surface area contributed by atoms with Crippen LogP contribution in [-0.4, -0.2) is 36.7 Å². The monoisotopic (exact) mass is 270 g/mol. The molecule has 3 nitrogen and oxygen atoms in total. The molecular formula is C14H23ClN2O. The third-order valence-electron chi connectivity index (χ3n) is 3.17. The number of hydrogen-bond acceptors (Lipinski definition) is 3. The maximum Gasteiger partial charge on any atom is 0.138 e. The molecule has 0 radical (unpaired) electrons. The highest BCUT2D eigenvalue weighted by Crippen LogP contribution is 2.26. The fraction of sp³-hybridized carbons (Fsp3) is 0.571. The van der Waals surface area contributed by atoms with Crippen molar-refractivity contribution in [2.45, 2.75) is 26.4 Å². The lowest BCUT2D eigenvalue weighted by Gasteiger charge is -2.28. The van der Waals surface area contributed by atoms with Gasteiger partial charge in [-0.15, -0.1) is 0 Å². The highest BCUT2D eigenvalue weighted by molar-refractivity contribution is 6.32. The summed E-state index contributed by atoms with van der Waals surface area (Å²) >= 11 is 5.87. The lowest BCUT2D eigenvalue weighted by atomic mass is 10.0. The minimum Gasteiger partial charge on any atom is -0.506 e. The molecule has 0 aliphatic carbocycles. The molecule has 0 aromatic heterocycles. The Labute approximate surface area is 115 Å². The SMILES string of the molecule is CC(C)C(CNCc1cccc(Cl)c1O)N(C)C. The predicted octanol–water partition coefficient (Wildman–Crippen LogP) is 2.72. The maximum atomic E-state index is 9.80. The number of benzene rings is 1. The number of halogens is 1. The van der Waals surface area contributed by atoms with Gasteiger partial charge in [0.2, 0.25) is 0 Å². The van der Waals surface area contributed by atoms with E-state index in [0.717, 1.165) is 12.1 Å². The summed E-state index contributed by atoms with van der Waals surface area (Å²) in [7, 11) is 4.17. The van der Waals surface area contributed by atoms with Gasteiger partial charge in [-0.2, -0.15) is 0 Å². The smallest absolute Gasteiger partial charge is 0.138 e. The van der Waals surface area contributed by atoms with E-state index in [2.05, 4.69) is 38.2 Å². The molecule has 0 fully saturated rings. The number of phenols is 1. The number of phenolic OH excluding ortho intramolecular Hbond substituents is 1. The van der Waals surface area contributed by atoms with Gasteiger partial charge < -0.3 is 15.3 Å². The molecule has 0 bridgehead atoms. The van der Waals surface area contributed by atoms with Gasteiger partial charge in [-0.05, 0) is 26.1 Å². The number of aromatic hydroxyl groups is 1. The Morgan fingerprint density at radius 1 is 1.33 bits per heavy atom. The number of nitrogens with zero attached hydrogens (tertiary/aromatic N) is 1. The van der Waals surface area contributed by atoms with Crippen LogP contribution in [0.25, 0.3) is 0 Å². The molecule has 4 heteroatoms. The van der Waals surface area contributed by atoms with Gasteiger partial charge in [0.05, 0.1) is 5.02 Å². The first-order chi connectivity index (χ1) is 8.43. The van der Waals surface area contributed by atoms with Gasteiger partial charge in [0.1, 0.15) is 5.75 Å². The van der Waals surface area contributed by atoms with Crippen molar-refractivity contribution in [3.05, 3.63) is 28.8 Å². The largest absolute Gasteiger partial charge is 0.506 e. The Morgan fingerprint density at radius 2 is 2.00 bits per heavy atom. The molecule has 102 valence electrons. The average molecular weight is 271 g/mol. The first-order valence-electron chi connectivity index (χ1n) is 6.27. The van der Waals surface area contributed by atoms with Crippen LogP contribution in [0.15, 0.2) is 18.2 Å². The molecule has 0 heterocycles. The second-order valence-electron chi connectivity index (χ2n) is 5.15. The van der Waals surface area contributed by atoms with Crippen molar-refractivity contribution < 1.29 is 5.11 Å². The summed E-state index contributed by atoms with van der Waals surface area (Å²) in [6.07, 6.45) is 0. The maximum absolute atomic E-state index is 9.80. The van der Waals surface area contributed by atoms with Crippen LogP contribution >= 0.6 is 11.6 Å². The fourth-order valence-corrected chi connectivity index (χ4v) is 2.27. The van der Waals surface area contributed by atoms with Crippen LogP contribution in [0.3, 0.4) is 0 Å². The van der Waals surface area contributed by atoms with Crippen LogP contribution in [-0.2, 0) is 6.54 Å². The highest BCUT2D eigenvalue weighted by Gasteiger charge is 2.15. The van der Waals surface area contributed by atoms with E-state index in [0.29, 0.717) is 23.5 Å². The average Bonchev–Trinajstić information content (AvgIpc) is 2.28. The Kier molecular flexibility index (Phi) is 5.93. The van der Waals surface area contributed by atoms with Crippen molar-refractivity contribution >= 4 is 11.6 Å². The lowest BCUT2D eigenvalue weighted by Crippen LogP contribution is -2.41. The summed E-state index contributed by atoms with van der Waals surface area (Å²) in [6.45, 7) is 5.94. The summed E-state index contributed by atoms with van der Waals surface area (Å²) in [5.41, 5.74) is 0.837. The molecule has 0 amide bonds. The number of para-hydroxylation sites is 1. The third kappa shape index (κ3) is 4.16. The summed E-state index contributed by atoms with van der Waals surface area (Å²) in [6, 6.07) is 5.90. The number of hydrogen-bond donors (Lipinski definition) is 2. The molecule has 0 aliphatic rings. The van der Waals surface area contributed by atoms with E-state index >= 15 is 0 Å². The van der Waals surface area contributed by atoms with Crippen molar-refractivity contribution in [2.24, 2.45) is 5.92 Å². The van der Waals surface area contributed by atoms with Crippen LogP contribution < -0.4 is 5.32 Å². The Bertz CT molecular complexity index is 372. The number of rotatable bonds is 6. The molecule has 1 aromatic rings. The predicted molar refractivity (Wildman–Crippen MR) is 77.1 cm³/mol. The highest BCUT2D eigenvalue weighted by atomic mass is 35.5. The second-order valence-corrected chi connectivity index (χ2v) is 5.56. The van der Waals surface area contributed by atoms with E-state index in [-0.39, 0.29) is 5.75 Å². The van der Waals surface area contributed by atoms with Crippen LogP contribution in [0.1, 0.15) is 19.4 Å². The fourth-order valence-electron chi connectivity index (χ4n) is 2.07. The lowest BCUT2D eigenvalue weighted by molar-refractivity contribution is 0.224. The standard InChI is InChI=1S/C14H23ClN2O/c1-10(2)13(17(3)4)9-16-8-11-6-5-7-12(15)14(11)18/h5-7,10,13,16,18H,8-9H2,1-4H3. The molecule has 18 heavy (non-hydrogen) atoms. The van der Waals surface area contributed by atoms with Crippen molar-refractivity contribution in [1.29, 1.82) is 0 Å². The molecule has 0 aliphatic heterocycles. The molecule has 1 rings (SSSR count). The van der Waals surface area contributed by atoms with Gasteiger partial charge in [0.15, 0.2) is 0 Å². The number of nitrogens with one attached hydrogen (secondary N) is 1. The van der Waals surface area contributed by atoms with E-state index in [1.54, 1.807) is 6.07 Å². The van der Waals surface area contributed by atoms with Gasteiger partial charge in [0.25, 0.3) is 0 Å². The molecule has 0 saturated heterocycles. The van der Waals surface area contributed by atoms with Crippen molar-refractivity contribution in [1.82, 2.24) is 10.2 Å². The minimum atomic E-state index is 0.178. The van der Waals surface area contributed by atoms with Crippen LogP contribution in [0.4, 0.5) is 0 Å². The van der Waals surface area contributed by atoms with E-state index in [1.807, 2.05) is 12.1 Å². The molecule has 2 N–H and O–H groups in total. The van der Waals surface area contributed by atoms with Gasteiger partial charge in [-0.3, -0.25) is 0 Å². The van der Waals surface area contributed by atoms with E-state index in [1.165, 1.54) is 0 Å². The Balaban J connectivity index is 2.53. The minimum absolute atomic E-state index is 0.178. The zero-order valence-electron chi connectivity index (χ0n) is 11.6. The molecule has 0 saturated carbocycles. The Morgan fingerprint density at radius 3 is 2.56 bits per heavy atom. The van der Waals surface area contributed by atoms with Gasteiger partial charge in [0, 0.05) is 24.7 Å². The molecule has 0 spiro atoms. The van der Waals surface area contributed by atoms with Crippen molar-refractivity contribution in [3.63, 3.8) is 0 Å². The molecular weight excluding hydrogens is 248 g/mol. The van der Waals surface area contributed by atoms with Crippen molar-refractivity contribution in [2.75, 3.05) is 20.6 Å². The number of likely N-dealkylation sites (N-methyl/N-ethyl adjacent to an activating group) is 1. The van der Waals surface area contributed by atoms with E-state index < -0.39 is 0 Å². The summed E-state index contributed by atoms with van der Waals surface area (Å²) < 4.78 is 0. The summed E-state index contributed by atoms with van der Waals surface area (Å²) in [5.74, 6) is 0.762. The summed E-state index contributed by atoms with van der Waals surface area (Å²) in [5, 5.41) is 13.6. The van der Waals surface area contributed by atoms with E-state index in [9.17, 15) is 5.11 Å². The summed E-state index contributed by atoms with van der Waals surface area (Å²) in [4.78, 5) is 2.22. The third-order valence-corrected chi connectivity index (χ3v) is 3.48. The van der Waals surface area contributed by atoms with Gasteiger partial charge in [-0.25, -0.2) is 0 Å². The topological polar surface area (TPSA) is 35.5 Å².